The quantitative estimate of drug-likeness (QED) is 0.662. The van der Waals surface area contributed by atoms with Gasteiger partial charge in [0.2, 0.25) is 0 Å². The molecule has 2 aromatic rings. The van der Waals surface area contributed by atoms with Crippen LogP contribution in [0.3, 0.4) is 0 Å². The van der Waals surface area contributed by atoms with Crippen LogP contribution < -0.4 is 5.32 Å². The number of aromatic hydroxyl groups is 1. The van der Waals surface area contributed by atoms with Crippen LogP contribution in [0.5, 0.6) is 5.75 Å². The second kappa shape index (κ2) is 6.42. The van der Waals surface area contributed by atoms with Crippen LogP contribution in [0.15, 0.2) is 30.3 Å². The minimum atomic E-state index is -0.480. The molecule has 1 aromatic heterocycles. The molecule has 0 saturated carbocycles. The van der Waals surface area contributed by atoms with Crippen LogP contribution in [0.25, 0.3) is 0 Å². The number of amides is 1. The highest BCUT2D eigenvalue weighted by molar-refractivity contribution is 7.16. The van der Waals surface area contributed by atoms with Crippen molar-refractivity contribution < 1.29 is 19.4 Å². The van der Waals surface area contributed by atoms with Gasteiger partial charge in [-0.25, -0.2) is 4.79 Å². The van der Waals surface area contributed by atoms with Crippen molar-refractivity contribution in [3.8, 4) is 5.75 Å². The van der Waals surface area contributed by atoms with E-state index in [-0.39, 0.29) is 17.1 Å². The Bertz CT molecular complexity index is 743. The molecule has 0 aliphatic rings. The van der Waals surface area contributed by atoms with Gasteiger partial charge < -0.3 is 15.2 Å². The predicted molar refractivity (Wildman–Crippen MR) is 90.4 cm³/mol. The summed E-state index contributed by atoms with van der Waals surface area (Å²) < 4.78 is 4.62. The van der Waals surface area contributed by atoms with Crippen molar-refractivity contribution in [2.45, 2.75) is 26.2 Å². The van der Waals surface area contributed by atoms with Crippen molar-refractivity contribution in [1.82, 2.24) is 0 Å². The summed E-state index contributed by atoms with van der Waals surface area (Å²) in [6, 6.07) is 8.23. The lowest BCUT2D eigenvalue weighted by Crippen LogP contribution is -2.14. The van der Waals surface area contributed by atoms with Gasteiger partial charge in [-0.15, -0.1) is 11.3 Å². The molecule has 0 spiro atoms. The number of anilines is 1. The molecule has 2 rings (SSSR count). The highest BCUT2D eigenvalue weighted by Gasteiger charge is 2.18. The molecule has 0 unspecified atom stereocenters. The Kier molecular flexibility index (Phi) is 4.75. The Hall–Kier alpha value is -2.34. The van der Waals surface area contributed by atoms with E-state index in [4.69, 9.17) is 0 Å². The zero-order valence-corrected chi connectivity index (χ0v) is 14.3. The highest BCUT2D eigenvalue weighted by atomic mass is 32.1. The van der Waals surface area contributed by atoms with Crippen LogP contribution >= 0.6 is 11.3 Å². The Morgan fingerprint density at radius 1 is 1.13 bits per heavy atom. The van der Waals surface area contributed by atoms with E-state index in [9.17, 15) is 14.7 Å². The van der Waals surface area contributed by atoms with Gasteiger partial charge in [0.05, 0.1) is 17.7 Å². The van der Waals surface area contributed by atoms with Crippen molar-refractivity contribution in [3.05, 3.63) is 45.6 Å². The molecule has 2 N–H and O–H groups in total. The fraction of sp³-hybridized carbons (Fsp3) is 0.294. The number of rotatable bonds is 3. The summed E-state index contributed by atoms with van der Waals surface area (Å²) in [5, 5.41) is 12.6. The standard InChI is InChI=1S/C17H19NO4S/c1-17(2,3)10-5-6-12(19)11(9-10)18-15(20)13-7-8-14(23-13)16(21)22-4/h5-9,19H,1-4H3,(H,18,20). The molecule has 0 radical (unpaired) electrons. The summed E-state index contributed by atoms with van der Waals surface area (Å²) in [6.07, 6.45) is 0. The smallest absolute Gasteiger partial charge is 0.348 e. The zero-order valence-electron chi connectivity index (χ0n) is 13.5. The monoisotopic (exact) mass is 333 g/mol. The van der Waals surface area contributed by atoms with Gasteiger partial charge >= 0.3 is 5.97 Å². The maximum absolute atomic E-state index is 12.3. The average molecular weight is 333 g/mol. The first kappa shape index (κ1) is 17.0. The SMILES string of the molecule is COC(=O)c1ccc(C(=O)Nc2cc(C(C)(C)C)ccc2O)s1. The van der Waals surface area contributed by atoms with Gasteiger partial charge in [-0.3, -0.25) is 4.79 Å². The van der Waals surface area contributed by atoms with Gasteiger partial charge in [-0.2, -0.15) is 0 Å². The molecule has 5 nitrogen and oxygen atoms in total. The number of carbonyl (C=O) groups is 2. The number of nitrogens with one attached hydrogen (secondary N) is 1. The Morgan fingerprint density at radius 2 is 1.78 bits per heavy atom. The van der Waals surface area contributed by atoms with Crippen LogP contribution in [0.2, 0.25) is 0 Å². The van der Waals surface area contributed by atoms with Crippen molar-refractivity contribution in [3.63, 3.8) is 0 Å². The van der Waals surface area contributed by atoms with Crippen LogP contribution in [0.1, 0.15) is 45.7 Å². The number of esters is 1. The van der Waals surface area contributed by atoms with Crippen molar-refractivity contribution in [2.24, 2.45) is 0 Å². The lowest BCUT2D eigenvalue weighted by Gasteiger charge is -2.20. The van der Waals surface area contributed by atoms with Crippen LogP contribution in [0, 0.1) is 0 Å². The molecular formula is C17H19NO4S. The Balaban J connectivity index is 2.23. The fourth-order valence-electron chi connectivity index (χ4n) is 1.96. The number of hydrogen-bond donors (Lipinski definition) is 2. The topological polar surface area (TPSA) is 75.6 Å². The molecule has 6 heteroatoms. The van der Waals surface area contributed by atoms with Gasteiger partial charge in [0.25, 0.3) is 5.91 Å². The van der Waals surface area contributed by atoms with Crippen LogP contribution in [-0.2, 0) is 10.2 Å². The van der Waals surface area contributed by atoms with Gasteiger partial charge in [0.1, 0.15) is 10.6 Å². The summed E-state index contributed by atoms with van der Waals surface area (Å²) in [4.78, 5) is 24.4. The molecule has 0 bridgehead atoms. The number of thiophene rings is 1. The third-order valence-corrected chi connectivity index (χ3v) is 4.39. The molecule has 23 heavy (non-hydrogen) atoms. The van der Waals surface area contributed by atoms with Gasteiger partial charge in [-0.1, -0.05) is 26.8 Å². The van der Waals surface area contributed by atoms with Crippen molar-refractivity contribution in [1.29, 1.82) is 0 Å². The molecule has 1 aromatic carbocycles. The Morgan fingerprint density at radius 3 is 2.39 bits per heavy atom. The number of carbonyl (C=O) groups excluding carboxylic acids is 2. The first-order valence-corrected chi connectivity index (χ1v) is 7.87. The minimum Gasteiger partial charge on any atom is -0.506 e. The number of methoxy groups -OCH3 is 1. The normalized spacial score (nSPS) is 11.1. The fourth-order valence-corrected chi connectivity index (χ4v) is 2.78. The van der Waals surface area contributed by atoms with E-state index in [1.807, 2.05) is 26.8 Å². The molecule has 0 aliphatic carbocycles. The van der Waals surface area contributed by atoms with Gasteiger partial charge in [-0.05, 0) is 35.2 Å². The molecule has 0 atom stereocenters. The van der Waals surface area contributed by atoms with E-state index in [0.29, 0.717) is 15.4 Å². The molecule has 1 amide bonds. The van der Waals surface area contributed by atoms with E-state index in [1.54, 1.807) is 18.2 Å². The average Bonchev–Trinajstić information content (AvgIpc) is 2.97. The third-order valence-electron chi connectivity index (χ3n) is 3.33. The summed E-state index contributed by atoms with van der Waals surface area (Å²) in [5.41, 5.74) is 1.23. The maximum Gasteiger partial charge on any atom is 0.348 e. The molecular weight excluding hydrogens is 314 g/mol. The lowest BCUT2D eigenvalue weighted by atomic mass is 9.87. The first-order valence-electron chi connectivity index (χ1n) is 7.05. The third kappa shape index (κ3) is 3.90. The number of hydrogen-bond acceptors (Lipinski definition) is 5. The molecule has 122 valence electrons. The minimum absolute atomic E-state index is 0.00361. The number of ether oxygens (including phenoxy) is 1. The van der Waals surface area contributed by atoms with E-state index in [0.717, 1.165) is 16.9 Å². The zero-order chi connectivity index (χ0) is 17.2. The van der Waals surface area contributed by atoms with E-state index in [1.165, 1.54) is 13.2 Å². The summed E-state index contributed by atoms with van der Waals surface area (Å²) >= 11 is 1.04. The maximum atomic E-state index is 12.3. The lowest BCUT2D eigenvalue weighted by molar-refractivity contribution is 0.0606. The number of benzene rings is 1. The second-order valence-electron chi connectivity index (χ2n) is 6.09. The molecule has 0 fully saturated rings. The first-order chi connectivity index (χ1) is 10.7. The van der Waals surface area contributed by atoms with Gasteiger partial charge in [0.15, 0.2) is 0 Å². The molecule has 0 saturated heterocycles. The highest BCUT2D eigenvalue weighted by Crippen LogP contribution is 2.31. The van der Waals surface area contributed by atoms with Crippen molar-refractivity contribution in [2.75, 3.05) is 12.4 Å². The summed E-state index contributed by atoms with van der Waals surface area (Å²) in [6.45, 7) is 6.15. The number of phenols is 1. The van der Waals surface area contributed by atoms with E-state index >= 15 is 0 Å². The van der Waals surface area contributed by atoms with Crippen LogP contribution in [0.4, 0.5) is 5.69 Å². The largest absolute Gasteiger partial charge is 0.506 e. The second-order valence-corrected chi connectivity index (χ2v) is 7.18. The Labute approximate surface area is 138 Å². The van der Waals surface area contributed by atoms with Crippen molar-refractivity contribution >= 4 is 28.9 Å². The van der Waals surface area contributed by atoms with E-state index < -0.39 is 5.97 Å². The summed E-state index contributed by atoms with van der Waals surface area (Å²) in [5.74, 6) is -0.866. The predicted octanol–water partition coefficient (Wildman–Crippen LogP) is 3.79. The van der Waals surface area contributed by atoms with Crippen LogP contribution in [-0.4, -0.2) is 24.1 Å². The van der Waals surface area contributed by atoms with E-state index in [2.05, 4.69) is 10.1 Å². The number of phenolic OH excluding ortho intramolecular Hbond substituents is 1. The summed E-state index contributed by atoms with van der Waals surface area (Å²) in [7, 11) is 1.29. The molecule has 0 aliphatic heterocycles. The molecule has 1 heterocycles. The van der Waals surface area contributed by atoms with Gasteiger partial charge in [0, 0.05) is 0 Å².